The number of amides is 1. The zero-order chi connectivity index (χ0) is 18.0. The van der Waals surface area contributed by atoms with Gasteiger partial charge in [0.2, 0.25) is 0 Å². The van der Waals surface area contributed by atoms with E-state index in [1.165, 1.54) is 29.8 Å². The van der Waals surface area contributed by atoms with E-state index in [-0.39, 0.29) is 0 Å². The fraction of sp³-hybridized carbons (Fsp3) is 0.263. The lowest BCUT2D eigenvalue weighted by Crippen LogP contribution is -2.31. The van der Waals surface area contributed by atoms with Crippen molar-refractivity contribution in [3.8, 4) is 0 Å². The molecule has 130 valence electrons. The molecule has 0 unspecified atom stereocenters. The molecule has 0 spiro atoms. The summed E-state index contributed by atoms with van der Waals surface area (Å²) in [4.78, 5) is 19.8. The lowest BCUT2D eigenvalue weighted by molar-refractivity contribution is -0.129. The van der Waals surface area contributed by atoms with Crippen LogP contribution < -0.4 is 5.32 Å². The molecule has 0 aliphatic rings. The van der Waals surface area contributed by atoms with Crippen LogP contribution in [-0.4, -0.2) is 27.5 Å². The minimum absolute atomic E-state index is 0.342. The van der Waals surface area contributed by atoms with Gasteiger partial charge in [-0.3, -0.25) is 4.79 Å². The molecule has 25 heavy (non-hydrogen) atoms. The van der Waals surface area contributed by atoms with Gasteiger partial charge in [-0.2, -0.15) is 0 Å². The Labute approximate surface area is 144 Å². The summed E-state index contributed by atoms with van der Waals surface area (Å²) >= 11 is 0. The Morgan fingerprint density at radius 2 is 1.96 bits per heavy atom. The van der Waals surface area contributed by atoms with Gasteiger partial charge in [0.05, 0.1) is 11.0 Å². The molecule has 1 atom stereocenters. The SMILES string of the molecule is Cc1ccc2[nH]c(CCNC(=O)[C@@H](O)c3ccc(F)cc3)nc2c1C. The van der Waals surface area contributed by atoms with Crippen molar-refractivity contribution in [1.29, 1.82) is 0 Å². The number of fused-ring (bicyclic) bond motifs is 1. The summed E-state index contributed by atoms with van der Waals surface area (Å²) in [7, 11) is 0. The number of halogens is 1. The molecule has 0 radical (unpaired) electrons. The van der Waals surface area contributed by atoms with Crippen LogP contribution in [-0.2, 0) is 11.2 Å². The summed E-state index contributed by atoms with van der Waals surface area (Å²) in [5.74, 6) is -0.151. The van der Waals surface area contributed by atoms with Crippen LogP contribution in [0.5, 0.6) is 0 Å². The van der Waals surface area contributed by atoms with Gasteiger partial charge < -0.3 is 15.4 Å². The van der Waals surface area contributed by atoms with Gasteiger partial charge in [0.1, 0.15) is 11.6 Å². The maximum absolute atomic E-state index is 12.9. The van der Waals surface area contributed by atoms with Crippen molar-refractivity contribution >= 4 is 16.9 Å². The third kappa shape index (κ3) is 3.69. The molecular weight excluding hydrogens is 321 g/mol. The monoisotopic (exact) mass is 341 g/mol. The molecule has 0 bridgehead atoms. The average molecular weight is 341 g/mol. The number of nitrogens with one attached hydrogen (secondary N) is 2. The molecule has 1 heterocycles. The molecule has 1 aromatic heterocycles. The second kappa shape index (κ2) is 7.03. The summed E-state index contributed by atoms with van der Waals surface area (Å²) in [5.41, 5.74) is 4.58. The number of aromatic amines is 1. The number of aliphatic hydroxyl groups is 1. The van der Waals surface area contributed by atoms with Crippen LogP contribution in [0.15, 0.2) is 36.4 Å². The van der Waals surface area contributed by atoms with Gasteiger partial charge in [-0.1, -0.05) is 18.2 Å². The first kappa shape index (κ1) is 17.1. The first-order valence-corrected chi connectivity index (χ1v) is 8.12. The van der Waals surface area contributed by atoms with Gasteiger partial charge in [-0.25, -0.2) is 9.37 Å². The Morgan fingerprint density at radius 1 is 1.24 bits per heavy atom. The molecular formula is C19H20FN3O2. The van der Waals surface area contributed by atoms with E-state index in [0.29, 0.717) is 18.5 Å². The van der Waals surface area contributed by atoms with Crippen LogP contribution in [0.2, 0.25) is 0 Å². The number of nitrogens with zero attached hydrogens (tertiary/aromatic N) is 1. The minimum atomic E-state index is -1.32. The fourth-order valence-corrected chi connectivity index (χ4v) is 2.68. The third-order valence-corrected chi connectivity index (χ3v) is 4.32. The number of imidazole rings is 1. The van der Waals surface area contributed by atoms with E-state index in [9.17, 15) is 14.3 Å². The molecule has 6 heteroatoms. The van der Waals surface area contributed by atoms with E-state index in [2.05, 4.69) is 15.3 Å². The van der Waals surface area contributed by atoms with Crippen LogP contribution in [0.1, 0.15) is 28.6 Å². The van der Waals surface area contributed by atoms with Crippen molar-refractivity contribution in [2.75, 3.05) is 6.54 Å². The number of hydrogen-bond acceptors (Lipinski definition) is 3. The molecule has 0 aliphatic heterocycles. The number of H-pyrrole nitrogens is 1. The second-order valence-corrected chi connectivity index (χ2v) is 6.08. The first-order chi connectivity index (χ1) is 12.0. The Bertz CT molecular complexity index is 903. The number of aromatic nitrogens is 2. The average Bonchev–Trinajstić information content (AvgIpc) is 3.02. The number of carbonyl (C=O) groups is 1. The Kier molecular flexibility index (Phi) is 4.81. The van der Waals surface area contributed by atoms with Gasteiger partial charge in [-0.05, 0) is 48.7 Å². The first-order valence-electron chi connectivity index (χ1n) is 8.12. The fourth-order valence-electron chi connectivity index (χ4n) is 2.68. The standard InChI is InChI=1S/C19H20FN3O2/c1-11-3-8-15-17(12(11)2)23-16(22-15)9-10-21-19(25)18(24)13-4-6-14(20)7-5-13/h3-8,18,24H,9-10H2,1-2H3,(H,21,25)(H,22,23)/t18-/m0/s1. The van der Waals surface area contributed by atoms with Gasteiger partial charge in [0.15, 0.2) is 6.10 Å². The number of benzene rings is 2. The number of aryl methyl sites for hydroxylation is 2. The summed E-state index contributed by atoms with van der Waals surface area (Å²) in [6.07, 6.45) is -0.796. The van der Waals surface area contributed by atoms with Gasteiger partial charge in [-0.15, -0.1) is 0 Å². The Balaban J connectivity index is 1.60. The third-order valence-electron chi connectivity index (χ3n) is 4.32. The van der Waals surface area contributed by atoms with Crippen molar-refractivity contribution in [3.05, 3.63) is 64.7 Å². The van der Waals surface area contributed by atoms with Crippen molar-refractivity contribution in [2.24, 2.45) is 0 Å². The van der Waals surface area contributed by atoms with E-state index in [0.717, 1.165) is 22.4 Å². The van der Waals surface area contributed by atoms with Crippen molar-refractivity contribution in [1.82, 2.24) is 15.3 Å². The number of hydrogen-bond donors (Lipinski definition) is 3. The second-order valence-electron chi connectivity index (χ2n) is 6.08. The zero-order valence-electron chi connectivity index (χ0n) is 14.1. The van der Waals surface area contributed by atoms with Crippen LogP contribution in [0.4, 0.5) is 4.39 Å². The molecule has 0 saturated carbocycles. The molecule has 5 nitrogen and oxygen atoms in total. The summed E-state index contributed by atoms with van der Waals surface area (Å²) < 4.78 is 12.9. The topological polar surface area (TPSA) is 78.0 Å². The minimum Gasteiger partial charge on any atom is -0.378 e. The molecule has 0 saturated heterocycles. The van der Waals surface area contributed by atoms with Crippen molar-refractivity contribution in [3.63, 3.8) is 0 Å². The van der Waals surface area contributed by atoms with Crippen molar-refractivity contribution < 1.29 is 14.3 Å². The molecule has 0 fully saturated rings. The molecule has 1 amide bonds. The number of aliphatic hydroxyl groups excluding tert-OH is 1. The number of rotatable bonds is 5. The van der Waals surface area contributed by atoms with E-state index in [4.69, 9.17) is 0 Å². The summed E-state index contributed by atoms with van der Waals surface area (Å²) in [6, 6.07) is 9.24. The Morgan fingerprint density at radius 3 is 2.68 bits per heavy atom. The van der Waals surface area contributed by atoms with Crippen LogP contribution in [0.25, 0.3) is 11.0 Å². The molecule has 2 aromatic carbocycles. The highest BCUT2D eigenvalue weighted by Gasteiger charge is 2.17. The van der Waals surface area contributed by atoms with Gasteiger partial charge in [0.25, 0.3) is 5.91 Å². The predicted octanol–water partition coefficient (Wildman–Crippen LogP) is 2.71. The highest BCUT2D eigenvalue weighted by Crippen LogP contribution is 2.19. The van der Waals surface area contributed by atoms with Crippen LogP contribution in [0, 0.1) is 19.7 Å². The van der Waals surface area contributed by atoms with Crippen LogP contribution >= 0.6 is 0 Å². The highest BCUT2D eigenvalue weighted by molar-refractivity contribution is 5.82. The maximum atomic E-state index is 12.9. The summed E-state index contributed by atoms with van der Waals surface area (Å²) in [6.45, 7) is 4.41. The molecule has 0 aliphatic carbocycles. The van der Waals surface area contributed by atoms with Crippen molar-refractivity contribution in [2.45, 2.75) is 26.4 Å². The van der Waals surface area contributed by atoms with E-state index < -0.39 is 17.8 Å². The predicted molar refractivity (Wildman–Crippen MR) is 93.6 cm³/mol. The maximum Gasteiger partial charge on any atom is 0.253 e. The molecule has 3 N–H and O–H groups in total. The quantitative estimate of drug-likeness (QED) is 0.668. The van der Waals surface area contributed by atoms with Gasteiger partial charge >= 0.3 is 0 Å². The molecule has 3 rings (SSSR count). The Hall–Kier alpha value is -2.73. The van der Waals surface area contributed by atoms with E-state index >= 15 is 0 Å². The van der Waals surface area contributed by atoms with E-state index in [1.54, 1.807) is 0 Å². The highest BCUT2D eigenvalue weighted by atomic mass is 19.1. The molecule has 3 aromatic rings. The zero-order valence-corrected chi connectivity index (χ0v) is 14.1. The summed E-state index contributed by atoms with van der Waals surface area (Å²) in [5, 5.41) is 12.7. The lowest BCUT2D eigenvalue weighted by Gasteiger charge is -2.11. The number of carbonyl (C=O) groups excluding carboxylic acids is 1. The largest absolute Gasteiger partial charge is 0.378 e. The van der Waals surface area contributed by atoms with Gasteiger partial charge in [0, 0.05) is 13.0 Å². The van der Waals surface area contributed by atoms with Crippen LogP contribution in [0.3, 0.4) is 0 Å². The normalized spacial score (nSPS) is 12.3. The smallest absolute Gasteiger partial charge is 0.253 e. The lowest BCUT2D eigenvalue weighted by atomic mass is 10.1. The van der Waals surface area contributed by atoms with E-state index in [1.807, 2.05) is 26.0 Å².